The van der Waals surface area contributed by atoms with Crippen LogP contribution in [0.4, 0.5) is 0 Å². The fraction of sp³-hybridized carbons (Fsp3) is 0.647. The van der Waals surface area contributed by atoms with E-state index in [0.29, 0.717) is 12.6 Å². The van der Waals surface area contributed by atoms with Gasteiger partial charge in [-0.3, -0.25) is 4.90 Å². The zero-order valence-electron chi connectivity index (χ0n) is 13.6. The summed E-state index contributed by atoms with van der Waals surface area (Å²) in [7, 11) is 2.16. The number of nitrogens with two attached hydrogens (primary N) is 1. The van der Waals surface area contributed by atoms with Gasteiger partial charge in [-0.2, -0.15) is 0 Å². The van der Waals surface area contributed by atoms with Crippen LogP contribution in [0.25, 0.3) is 0 Å². The van der Waals surface area contributed by atoms with E-state index in [9.17, 15) is 0 Å². The fourth-order valence-corrected chi connectivity index (χ4v) is 2.51. The first-order valence-electron chi connectivity index (χ1n) is 7.68. The summed E-state index contributed by atoms with van der Waals surface area (Å²) in [5.74, 6) is 0.920. The second kappa shape index (κ2) is 8.28. The zero-order chi connectivity index (χ0) is 15.1. The lowest BCUT2D eigenvalue weighted by molar-refractivity contribution is 0.179. The van der Waals surface area contributed by atoms with Crippen LogP contribution >= 0.6 is 0 Å². The highest BCUT2D eigenvalue weighted by Crippen LogP contribution is 2.24. The van der Waals surface area contributed by atoms with Crippen molar-refractivity contribution in [3.05, 3.63) is 29.8 Å². The Morgan fingerprint density at radius 3 is 2.20 bits per heavy atom. The van der Waals surface area contributed by atoms with Crippen molar-refractivity contribution in [1.82, 2.24) is 4.90 Å². The summed E-state index contributed by atoms with van der Waals surface area (Å²) < 4.78 is 5.68. The van der Waals surface area contributed by atoms with Crippen LogP contribution in [0, 0.1) is 0 Å². The average molecular weight is 278 g/mol. The highest BCUT2D eigenvalue weighted by molar-refractivity contribution is 5.29. The maximum atomic E-state index is 5.99. The highest BCUT2D eigenvalue weighted by atomic mass is 16.5. The normalized spacial score (nSPS) is 14.6. The molecule has 2 unspecified atom stereocenters. The molecule has 0 aromatic heterocycles. The third-order valence-electron chi connectivity index (χ3n) is 3.75. The van der Waals surface area contributed by atoms with Crippen LogP contribution in [0.1, 0.15) is 52.1 Å². The van der Waals surface area contributed by atoms with Crippen molar-refractivity contribution in [2.45, 2.75) is 58.7 Å². The SMILES string of the molecule is CCCC(C)N(C)C(CN)c1ccc(OC(C)C)cc1. The topological polar surface area (TPSA) is 38.5 Å². The molecule has 0 saturated heterocycles. The van der Waals surface area contributed by atoms with Gasteiger partial charge >= 0.3 is 0 Å². The molecule has 0 aliphatic rings. The molecular weight excluding hydrogens is 248 g/mol. The monoisotopic (exact) mass is 278 g/mol. The van der Waals surface area contributed by atoms with Gasteiger partial charge in [0.25, 0.3) is 0 Å². The molecular formula is C17H30N2O. The molecule has 0 radical (unpaired) electrons. The van der Waals surface area contributed by atoms with Crippen molar-refractivity contribution >= 4 is 0 Å². The number of hydrogen-bond acceptors (Lipinski definition) is 3. The van der Waals surface area contributed by atoms with Crippen molar-refractivity contribution in [3.63, 3.8) is 0 Å². The summed E-state index contributed by atoms with van der Waals surface area (Å²) in [6.45, 7) is 9.20. The van der Waals surface area contributed by atoms with Gasteiger partial charge in [-0.05, 0) is 51.9 Å². The van der Waals surface area contributed by atoms with Crippen LogP contribution in [0.15, 0.2) is 24.3 Å². The van der Waals surface area contributed by atoms with Crippen molar-refractivity contribution in [3.8, 4) is 5.75 Å². The Labute approximate surface area is 124 Å². The van der Waals surface area contributed by atoms with Crippen molar-refractivity contribution < 1.29 is 4.74 Å². The molecule has 0 saturated carbocycles. The number of likely N-dealkylation sites (N-methyl/N-ethyl adjacent to an activating group) is 1. The molecule has 0 bridgehead atoms. The van der Waals surface area contributed by atoms with E-state index >= 15 is 0 Å². The van der Waals surface area contributed by atoms with Crippen LogP contribution in [-0.4, -0.2) is 30.6 Å². The summed E-state index contributed by atoms with van der Waals surface area (Å²) >= 11 is 0. The number of ether oxygens (including phenoxy) is 1. The van der Waals surface area contributed by atoms with Gasteiger partial charge in [0.2, 0.25) is 0 Å². The second-order valence-electron chi connectivity index (χ2n) is 5.79. The Hall–Kier alpha value is -1.06. The lowest BCUT2D eigenvalue weighted by Crippen LogP contribution is -2.36. The molecule has 3 heteroatoms. The van der Waals surface area contributed by atoms with Crippen LogP contribution < -0.4 is 10.5 Å². The number of rotatable bonds is 8. The molecule has 1 aromatic carbocycles. The van der Waals surface area contributed by atoms with E-state index < -0.39 is 0 Å². The third kappa shape index (κ3) is 4.80. The smallest absolute Gasteiger partial charge is 0.119 e. The molecule has 2 atom stereocenters. The second-order valence-corrected chi connectivity index (χ2v) is 5.79. The molecule has 0 amide bonds. The van der Waals surface area contributed by atoms with Crippen molar-refractivity contribution in [1.29, 1.82) is 0 Å². The van der Waals surface area contributed by atoms with Gasteiger partial charge in [0, 0.05) is 18.6 Å². The maximum absolute atomic E-state index is 5.99. The maximum Gasteiger partial charge on any atom is 0.119 e. The predicted molar refractivity (Wildman–Crippen MR) is 86.1 cm³/mol. The van der Waals surface area contributed by atoms with E-state index in [-0.39, 0.29) is 12.1 Å². The molecule has 0 fully saturated rings. The van der Waals surface area contributed by atoms with E-state index in [2.05, 4.69) is 37.9 Å². The molecule has 0 heterocycles. The minimum absolute atomic E-state index is 0.207. The van der Waals surface area contributed by atoms with E-state index in [1.165, 1.54) is 18.4 Å². The standard InChI is InChI=1S/C17H30N2O/c1-6-7-14(4)19(5)17(12-18)15-8-10-16(11-9-15)20-13(2)3/h8-11,13-14,17H,6-7,12,18H2,1-5H3. The van der Waals surface area contributed by atoms with E-state index in [4.69, 9.17) is 10.5 Å². The molecule has 0 spiro atoms. The van der Waals surface area contributed by atoms with E-state index in [1.807, 2.05) is 26.0 Å². The summed E-state index contributed by atoms with van der Waals surface area (Å²) in [6, 6.07) is 9.14. The number of hydrogen-bond donors (Lipinski definition) is 1. The van der Waals surface area contributed by atoms with Gasteiger partial charge in [0.15, 0.2) is 0 Å². The van der Waals surface area contributed by atoms with E-state index in [1.54, 1.807) is 0 Å². The minimum Gasteiger partial charge on any atom is -0.491 e. The lowest BCUT2D eigenvalue weighted by Gasteiger charge is -2.32. The Kier molecular flexibility index (Phi) is 7.03. The first-order chi connectivity index (χ1) is 9.49. The fourth-order valence-electron chi connectivity index (χ4n) is 2.51. The molecule has 0 aliphatic heterocycles. The molecule has 20 heavy (non-hydrogen) atoms. The summed E-state index contributed by atoms with van der Waals surface area (Å²) in [4.78, 5) is 2.38. The number of benzene rings is 1. The molecule has 0 aliphatic carbocycles. The molecule has 2 N–H and O–H groups in total. The van der Waals surface area contributed by atoms with Crippen LogP contribution in [0.2, 0.25) is 0 Å². The van der Waals surface area contributed by atoms with Crippen molar-refractivity contribution in [2.75, 3.05) is 13.6 Å². The Morgan fingerprint density at radius 1 is 1.15 bits per heavy atom. The van der Waals surface area contributed by atoms with E-state index in [0.717, 1.165) is 5.75 Å². The Morgan fingerprint density at radius 2 is 1.75 bits per heavy atom. The van der Waals surface area contributed by atoms with Crippen molar-refractivity contribution in [2.24, 2.45) is 5.73 Å². The van der Waals surface area contributed by atoms with Crippen LogP contribution in [-0.2, 0) is 0 Å². The predicted octanol–water partition coefficient (Wildman–Crippen LogP) is 3.59. The average Bonchev–Trinajstić information content (AvgIpc) is 2.41. The Bertz CT molecular complexity index is 375. The van der Waals surface area contributed by atoms with Gasteiger partial charge in [-0.1, -0.05) is 25.5 Å². The highest BCUT2D eigenvalue weighted by Gasteiger charge is 2.19. The largest absolute Gasteiger partial charge is 0.491 e. The quantitative estimate of drug-likeness (QED) is 0.789. The molecule has 1 rings (SSSR count). The summed E-state index contributed by atoms with van der Waals surface area (Å²) in [5, 5.41) is 0. The van der Waals surface area contributed by atoms with Gasteiger partial charge in [-0.15, -0.1) is 0 Å². The zero-order valence-corrected chi connectivity index (χ0v) is 13.6. The summed E-state index contributed by atoms with van der Waals surface area (Å²) in [5.41, 5.74) is 7.24. The van der Waals surface area contributed by atoms with Gasteiger partial charge in [0.05, 0.1) is 6.10 Å². The van der Waals surface area contributed by atoms with Gasteiger partial charge in [0.1, 0.15) is 5.75 Å². The minimum atomic E-state index is 0.207. The first kappa shape index (κ1) is 17.0. The molecule has 3 nitrogen and oxygen atoms in total. The van der Waals surface area contributed by atoms with Gasteiger partial charge in [-0.25, -0.2) is 0 Å². The third-order valence-corrected chi connectivity index (χ3v) is 3.75. The van der Waals surface area contributed by atoms with Crippen LogP contribution in [0.3, 0.4) is 0 Å². The molecule has 114 valence electrons. The number of nitrogens with zero attached hydrogens (tertiary/aromatic N) is 1. The summed E-state index contributed by atoms with van der Waals surface area (Å²) in [6.07, 6.45) is 2.60. The Balaban J connectivity index is 2.79. The van der Waals surface area contributed by atoms with Gasteiger partial charge < -0.3 is 10.5 Å². The lowest BCUT2D eigenvalue weighted by atomic mass is 10.0. The van der Waals surface area contributed by atoms with Crippen LogP contribution in [0.5, 0.6) is 5.75 Å². The molecule has 1 aromatic rings. The first-order valence-corrected chi connectivity index (χ1v) is 7.68.